The molecule has 3 unspecified atom stereocenters. The summed E-state index contributed by atoms with van der Waals surface area (Å²) in [6, 6.07) is 19.4. The summed E-state index contributed by atoms with van der Waals surface area (Å²) in [5.74, 6) is -2.67. The smallest absolute Gasteiger partial charge is 0.308 e. The number of aromatic nitrogens is 1. The van der Waals surface area contributed by atoms with Crippen LogP contribution in [-0.4, -0.2) is 36.0 Å². The van der Waals surface area contributed by atoms with Crippen LogP contribution >= 0.6 is 34.7 Å². The molecule has 10 nitrogen and oxygen atoms in total. The number of carbonyl (C=O) groups excluding carboxylic acids is 3. The summed E-state index contributed by atoms with van der Waals surface area (Å²) >= 11 is 8.21. The first-order chi connectivity index (χ1) is 20.4. The molecular weight excluding hydrogens is 632 g/mol. The maximum atomic E-state index is 13.9. The first-order valence-electron chi connectivity index (χ1n) is 12.9. The molecule has 43 heavy (non-hydrogen) atoms. The summed E-state index contributed by atoms with van der Waals surface area (Å²) < 4.78 is 24.4. The molecule has 2 aliphatic heterocycles. The van der Waals surface area contributed by atoms with Gasteiger partial charge >= 0.3 is 4.87 Å². The fraction of sp³-hybridized carbons (Fsp3) is 0.172. The number of hydrogen-bond donors (Lipinski definition) is 2. The van der Waals surface area contributed by atoms with Crippen LogP contribution in [0.25, 0.3) is 0 Å². The first-order valence-corrected chi connectivity index (χ1v) is 16.6. The summed E-state index contributed by atoms with van der Waals surface area (Å²) in [7, 11) is -3.90. The van der Waals surface area contributed by atoms with E-state index in [4.69, 9.17) is 16.7 Å². The van der Waals surface area contributed by atoms with Crippen molar-refractivity contribution in [1.82, 2.24) is 4.57 Å². The van der Waals surface area contributed by atoms with Crippen LogP contribution in [0, 0.1) is 12.8 Å². The molecule has 1 saturated heterocycles. The number of primary sulfonamides is 1. The van der Waals surface area contributed by atoms with Crippen molar-refractivity contribution in [3.63, 3.8) is 0 Å². The van der Waals surface area contributed by atoms with Gasteiger partial charge < -0.3 is 5.32 Å². The Kier molecular flexibility index (Phi) is 7.55. The van der Waals surface area contributed by atoms with Crippen molar-refractivity contribution in [1.29, 1.82) is 0 Å². The van der Waals surface area contributed by atoms with Crippen molar-refractivity contribution in [3.05, 3.63) is 103 Å². The van der Waals surface area contributed by atoms with Gasteiger partial charge in [-0.2, -0.15) is 0 Å². The number of fused-ring (bicyclic) bond motifs is 2. The summed E-state index contributed by atoms with van der Waals surface area (Å²) in [6.45, 7) is 1.56. The number of anilines is 2. The number of thioether (sulfide) groups is 1. The SMILES string of the molecule is Cc1ccc(N2C(=O)C3Sc4c(sc(=O)n4CC(=O)Nc4ccc(S(N)(=O)=O)cc4)C(c4ccc(Cl)cc4)C3C2=O)cc1. The van der Waals surface area contributed by atoms with Crippen LogP contribution in [0.5, 0.6) is 0 Å². The molecule has 1 fully saturated rings. The Balaban J connectivity index is 1.36. The molecule has 3 amide bonds. The number of carbonyl (C=O) groups is 3. The van der Waals surface area contributed by atoms with Gasteiger partial charge in [0, 0.05) is 21.5 Å². The highest BCUT2D eigenvalue weighted by atomic mass is 35.5. The molecule has 4 aromatic rings. The Bertz CT molecular complexity index is 1940. The fourth-order valence-electron chi connectivity index (χ4n) is 5.30. The van der Waals surface area contributed by atoms with Gasteiger partial charge in [0.15, 0.2) is 0 Å². The number of nitrogens with one attached hydrogen (secondary N) is 1. The van der Waals surface area contributed by atoms with Crippen LogP contribution < -0.4 is 20.2 Å². The van der Waals surface area contributed by atoms with E-state index >= 15 is 0 Å². The minimum Gasteiger partial charge on any atom is -0.325 e. The number of sulfonamides is 1. The largest absolute Gasteiger partial charge is 0.325 e. The number of thiazole rings is 1. The van der Waals surface area contributed by atoms with Gasteiger partial charge in [0.1, 0.15) is 11.8 Å². The molecule has 2 aliphatic rings. The molecule has 0 spiro atoms. The van der Waals surface area contributed by atoms with E-state index in [1.54, 1.807) is 36.4 Å². The van der Waals surface area contributed by atoms with E-state index in [2.05, 4.69) is 5.32 Å². The van der Waals surface area contributed by atoms with Crippen LogP contribution in [0.1, 0.15) is 21.9 Å². The molecule has 1 aromatic heterocycles. The maximum absolute atomic E-state index is 13.9. The van der Waals surface area contributed by atoms with Crippen molar-refractivity contribution in [3.8, 4) is 0 Å². The summed E-state index contributed by atoms with van der Waals surface area (Å²) in [4.78, 5) is 55.3. The lowest BCUT2D eigenvalue weighted by Crippen LogP contribution is -2.33. The van der Waals surface area contributed by atoms with Gasteiger partial charge in [-0.25, -0.2) is 18.5 Å². The monoisotopic (exact) mass is 654 g/mol. The molecule has 3 heterocycles. The van der Waals surface area contributed by atoms with E-state index in [0.29, 0.717) is 26.3 Å². The molecule has 0 saturated carbocycles. The first kappa shape index (κ1) is 29.3. The third kappa shape index (κ3) is 5.43. The van der Waals surface area contributed by atoms with E-state index in [1.807, 2.05) is 19.1 Å². The van der Waals surface area contributed by atoms with Crippen LogP contribution in [-0.2, 0) is 31.0 Å². The second kappa shape index (κ2) is 11.1. The number of hydrogen-bond acceptors (Lipinski definition) is 8. The van der Waals surface area contributed by atoms with Gasteiger partial charge in [0.25, 0.3) is 0 Å². The Morgan fingerprint density at radius 1 is 0.953 bits per heavy atom. The minimum absolute atomic E-state index is 0.108. The fourth-order valence-corrected chi connectivity index (χ4v) is 8.72. The third-order valence-electron chi connectivity index (χ3n) is 7.34. The second-order valence-corrected chi connectivity index (χ2v) is 14.3. The topological polar surface area (TPSA) is 149 Å². The zero-order valence-electron chi connectivity index (χ0n) is 22.4. The predicted octanol–water partition coefficient (Wildman–Crippen LogP) is 3.95. The predicted molar refractivity (Wildman–Crippen MR) is 165 cm³/mol. The number of amides is 3. The minimum atomic E-state index is -3.90. The molecule has 3 N–H and O–H groups in total. The van der Waals surface area contributed by atoms with Crippen molar-refractivity contribution < 1.29 is 22.8 Å². The number of aryl methyl sites for hydroxylation is 1. The number of nitrogens with zero attached hydrogens (tertiary/aromatic N) is 2. The number of rotatable bonds is 6. The van der Waals surface area contributed by atoms with Gasteiger partial charge in [-0.3, -0.25) is 23.7 Å². The average molecular weight is 655 g/mol. The van der Waals surface area contributed by atoms with E-state index in [9.17, 15) is 27.6 Å². The van der Waals surface area contributed by atoms with Crippen LogP contribution in [0.4, 0.5) is 11.4 Å². The second-order valence-electron chi connectivity index (χ2n) is 10.2. The molecule has 3 atom stereocenters. The Hall–Kier alpha value is -3.75. The Morgan fingerprint density at radius 2 is 1.60 bits per heavy atom. The Morgan fingerprint density at radius 3 is 2.23 bits per heavy atom. The lowest BCUT2D eigenvalue weighted by molar-refractivity contribution is -0.122. The molecular formula is C29H23ClN4O6S3. The van der Waals surface area contributed by atoms with E-state index in [-0.39, 0.29) is 17.3 Å². The van der Waals surface area contributed by atoms with Gasteiger partial charge in [-0.15, -0.1) is 0 Å². The quantitative estimate of drug-likeness (QED) is 0.299. The zero-order chi connectivity index (χ0) is 30.6. The van der Waals surface area contributed by atoms with Crippen molar-refractivity contribution >= 4 is 73.8 Å². The highest BCUT2D eigenvalue weighted by Gasteiger charge is 2.56. The van der Waals surface area contributed by atoms with Crippen molar-refractivity contribution in [2.75, 3.05) is 10.2 Å². The number of nitrogens with two attached hydrogens (primary N) is 1. The molecule has 0 bridgehead atoms. The highest BCUT2D eigenvalue weighted by Crippen LogP contribution is 2.54. The lowest BCUT2D eigenvalue weighted by atomic mass is 9.83. The maximum Gasteiger partial charge on any atom is 0.308 e. The molecule has 3 aromatic carbocycles. The van der Waals surface area contributed by atoms with Crippen molar-refractivity contribution in [2.24, 2.45) is 11.1 Å². The number of halogens is 1. The van der Waals surface area contributed by atoms with Gasteiger partial charge in [0.05, 0.1) is 21.5 Å². The molecule has 0 aliphatic carbocycles. The summed E-state index contributed by atoms with van der Waals surface area (Å²) in [6.07, 6.45) is 0. The normalized spacial score (nSPS) is 19.7. The zero-order valence-corrected chi connectivity index (χ0v) is 25.6. The lowest BCUT2D eigenvalue weighted by Gasteiger charge is -2.30. The van der Waals surface area contributed by atoms with E-state index in [1.165, 1.54) is 33.7 Å². The third-order valence-corrected chi connectivity index (χ3v) is 11.1. The Labute approximate surface area is 259 Å². The van der Waals surface area contributed by atoms with E-state index < -0.39 is 43.8 Å². The van der Waals surface area contributed by atoms with E-state index in [0.717, 1.165) is 34.2 Å². The van der Waals surface area contributed by atoms with Gasteiger partial charge in [-0.1, -0.05) is 64.5 Å². The highest BCUT2D eigenvalue weighted by molar-refractivity contribution is 8.00. The van der Waals surface area contributed by atoms with Gasteiger partial charge in [-0.05, 0) is 61.0 Å². The van der Waals surface area contributed by atoms with Crippen LogP contribution in [0.3, 0.4) is 0 Å². The van der Waals surface area contributed by atoms with Crippen LogP contribution in [0.15, 0.2) is 87.5 Å². The summed E-state index contributed by atoms with van der Waals surface area (Å²) in [5, 5.41) is 7.91. The summed E-state index contributed by atoms with van der Waals surface area (Å²) in [5.41, 5.74) is 2.49. The number of imide groups is 1. The molecule has 14 heteroatoms. The number of benzene rings is 3. The van der Waals surface area contributed by atoms with Gasteiger partial charge in [0.2, 0.25) is 27.7 Å². The molecule has 220 valence electrons. The molecule has 6 rings (SSSR count). The standard InChI is InChI=1S/C29H23ClN4O6S3/c1-15-2-10-19(11-3-15)34-26(36)23-22(16-4-6-17(30)7-5-16)25-28(41-24(23)27(34)37)33(29(38)42-25)14-21(35)32-18-8-12-20(13-9-18)43(31,39)40/h2-13,22-24H,14H2,1H3,(H,32,35)(H2,31,39,40). The van der Waals surface area contributed by atoms with Crippen LogP contribution in [0.2, 0.25) is 5.02 Å². The van der Waals surface area contributed by atoms with Crippen molar-refractivity contribution in [2.45, 2.75) is 34.6 Å². The molecule has 0 radical (unpaired) electrons. The average Bonchev–Trinajstić information content (AvgIpc) is 3.40.